The van der Waals surface area contributed by atoms with Gasteiger partial charge in [0.2, 0.25) is 0 Å². The van der Waals surface area contributed by atoms with E-state index < -0.39 is 62.1 Å². The molecular weight excluding hydrogens is 527 g/mol. The van der Waals surface area contributed by atoms with Gasteiger partial charge >= 0.3 is 56.9 Å². The topological polar surface area (TPSA) is 18.5 Å². The van der Waals surface area contributed by atoms with Gasteiger partial charge < -0.3 is 8.85 Å². The third kappa shape index (κ3) is 3.84. The van der Waals surface area contributed by atoms with Gasteiger partial charge in [0.05, 0.1) is 0 Å². The zero-order valence-corrected chi connectivity index (χ0v) is 16.2. The summed E-state index contributed by atoms with van der Waals surface area (Å²) < 4.78 is 231. The van der Waals surface area contributed by atoms with Crippen molar-refractivity contribution in [2.24, 2.45) is 0 Å². The van der Waals surface area contributed by atoms with Crippen LogP contribution in [0.3, 0.4) is 0 Å². The molecule has 0 rings (SSSR count). The maximum Gasteiger partial charge on any atom is 0.460 e. The maximum absolute atomic E-state index is 13.8. The van der Waals surface area contributed by atoms with Crippen LogP contribution in [-0.4, -0.2) is 71.1 Å². The Morgan fingerprint density at radius 1 is 0.500 bits per heavy atom. The Morgan fingerprint density at radius 2 is 0.750 bits per heavy atom. The van der Waals surface area contributed by atoms with E-state index in [2.05, 4.69) is 15.4 Å². The highest BCUT2D eigenvalue weighted by molar-refractivity contribution is 6.54. The molecule has 0 bridgehead atoms. The van der Waals surface area contributed by atoms with Gasteiger partial charge in [-0.3, -0.25) is 0 Å². The van der Waals surface area contributed by atoms with Crippen molar-refractivity contribution in [2.75, 3.05) is 14.2 Å². The van der Waals surface area contributed by atoms with Crippen molar-refractivity contribution in [3.8, 4) is 0 Å². The molecule has 0 saturated heterocycles. The van der Waals surface area contributed by atoms with Gasteiger partial charge in [0, 0.05) is 19.4 Å². The first-order valence-corrected chi connectivity index (χ1v) is 8.66. The first-order chi connectivity index (χ1) is 13.7. The predicted octanol–water partition coefficient (Wildman–Crippen LogP) is 5.60. The molecule has 192 valence electrons. The highest BCUT2D eigenvalue weighted by atomic mass is 28.3. The second-order valence-electron chi connectivity index (χ2n) is 5.85. The van der Waals surface area contributed by atoms with Crippen LogP contribution in [0.5, 0.6) is 0 Å². The van der Waals surface area contributed by atoms with Gasteiger partial charge in [0.1, 0.15) is 0 Å². The SMILES string of the molecule is C=C([SiH](OC)OC)C(F)(F)C(F)(F)C(F)(F)C(F)(F)C(F)(F)C(F)(F)C(F)(F)C(F)(F)F. The molecule has 0 aromatic carbocycles. The smallest absolute Gasteiger partial charge is 0.397 e. The van der Waals surface area contributed by atoms with E-state index in [9.17, 15) is 74.6 Å². The van der Waals surface area contributed by atoms with Gasteiger partial charge in [-0.1, -0.05) is 6.58 Å². The summed E-state index contributed by atoms with van der Waals surface area (Å²) in [5, 5.41) is -2.53. The molecule has 0 aliphatic carbocycles. The van der Waals surface area contributed by atoms with Crippen LogP contribution in [0.1, 0.15) is 0 Å². The van der Waals surface area contributed by atoms with Gasteiger partial charge in [-0.05, 0) is 0 Å². The Balaban J connectivity index is 6.82. The monoisotopic (exact) mass is 536 g/mol. The lowest BCUT2D eigenvalue weighted by Crippen LogP contribution is -2.74. The van der Waals surface area contributed by atoms with Crippen molar-refractivity contribution < 1.29 is 83.5 Å². The lowest BCUT2D eigenvalue weighted by Gasteiger charge is -2.43. The van der Waals surface area contributed by atoms with Crippen LogP contribution >= 0.6 is 0 Å². The molecule has 0 saturated carbocycles. The number of allylic oxidation sites excluding steroid dienone is 1. The molecule has 0 aromatic heterocycles. The third-order valence-corrected chi connectivity index (χ3v) is 5.63. The van der Waals surface area contributed by atoms with Crippen molar-refractivity contribution in [3.05, 3.63) is 11.8 Å². The van der Waals surface area contributed by atoms with Crippen LogP contribution < -0.4 is 0 Å². The number of alkyl halides is 17. The number of hydrogen-bond donors (Lipinski definition) is 0. The van der Waals surface area contributed by atoms with Gasteiger partial charge in [-0.25, -0.2) is 0 Å². The molecular formula is C12H9F17O2Si. The Labute approximate surface area is 167 Å². The van der Waals surface area contributed by atoms with Gasteiger partial charge in [0.15, 0.2) is 0 Å². The van der Waals surface area contributed by atoms with E-state index in [0.717, 1.165) is 0 Å². The minimum absolute atomic E-state index is 0.431. The minimum atomic E-state index is -8.66. The number of rotatable bonds is 10. The van der Waals surface area contributed by atoms with Crippen molar-refractivity contribution in [2.45, 2.75) is 47.6 Å². The highest BCUT2D eigenvalue weighted by Gasteiger charge is 2.95. The zero-order valence-electron chi connectivity index (χ0n) is 15.0. The molecule has 0 aliphatic heterocycles. The fourth-order valence-electron chi connectivity index (χ4n) is 1.89. The molecule has 0 heterocycles. The van der Waals surface area contributed by atoms with Crippen LogP contribution in [0.4, 0.5) is 74.6 Å². The molecule has 0 aliphatic rings. The molecule has 0 radical (unpaired) electrons. The van der Waals surface area contributed by atoms with Crippen LogP contribution in [0.2, 0.25) is 0 Å². The average molecular weight is 536 g/mol. The summed E-state index contributed by atoms with van der Waals surface area (Å²) in [4.78, 5) is 0. The minimum Gasteiger partial charge on any atom is -0.397 e. The summed E-state index contributed by atoms with van der Waals surface area (Å²) in [6.07, 6.45) is -7.79. The molecule has 0 atom stereocenters. The summed E-state index contributed by atoms with van der Waals surface area (Å²) in [7, 11) is -3.51. The lowest BCUT2D eigenvalue weighted by molar-refractivity contribution is -0.459. The first-order valence-electron chi connectivity index (χ1n) is 7.14. The fourth-order valence-corrected chi connectivity index (χ4v) is 3.13. The Morgan fingerprint density at radius 3 is 1.00 bits per heavy atom. The Hall–Kier alpha value is -1.31. The zero-order chi connectivity index (χ0) is 26.6. The quantitative estimate of drug-likeness (QED) is 0.267. The lowest BCUT2D eigenvalue weighted by atomic mass is 9.89. The molecule has 32 heavy (non-hydrogen) atoms. The Kier molecular flexibility index (Phi) is 7.83. The highest BCUT2D eigenvalue weighted by Crippen LogP contribution is 2.64. The summed E-state index contributed by atoms with van der Waals surface area (Å²) in [5.74, 6) is -56.9. The predicted molar refractivity (Wildman–Crippen MR) is 71.0 cm³/mol. The second kappa shape index (κ2) is 8.17. The number of hydrogen-bond acceptors (Lipinski definition) is 2. The third-order valence-electron chi connectivity index (χ3n) is 3.84. The van der Waals surface area contributed by atoms with Crippen LogP contribution in [0, 0.1) is 0 Å². The Bertz CT molecular complexity index is 694. The summed E-state index contributed by atoms with van der Waals surface area (Å²) in [6.45, 7) is 2.11. The molecule has 0 spiro atoms. The van der Waals surface area contributed by atoms with Crippen molar-refractivity contribution in [1.29, 1.82) is 0 Å². The average Bonchev–Trinajstić information content (AvgIpc) is 2.60. The summed E-state index contributed by atoms with van der Waals surface area (Å²) >= 11 is 0. The van der Waals surface area contributed by atoms with E-state index in [4.69, 9.17) is 0 Å². The molecule has 0 amide bonds. The summed E-state index contributed by atoms with van der Waals surface area (Å²) in [6, 6.07) is 0. The standard InChI is InChI=1S/C12H9F17O2Si/c1-4(32(30-2)31-3)5(13,14)6(15,16)7(17,18)8(19,20)9(21,22)10(23,24)11(25,26)12(27,28)29/h32H,1H2,2-3H3. The fraction of sp³-hybridized carbons (Fsp3) is 0.833. The molecule has 2 nitrogen and oxygen atoms in total. The van der Waals surface area contributed by atoms with E-state index in [-0.39, 0.29) is 0 Å². The summed E-state index contributed by atoms with van der Waals surface area (Å²) in [5.41, 5.74) is 0. The van der Waals surface area contributed by atoms with E-state index in [1.165, 1.54) is 0 Å². The van der Waals surface area contributed by atoms with Crippen LogP contribution in [-0.2, 0) is 8.85 Å². The van der Waals surface area contributed by atoms with Gasteiger partial charge in [-0.15, -0.1) is 0 Å². The van der Waals surface area contributed by atoms with Crippen molar-refractivity contribution in [3.63, 3.8) is 0 Å². The maximum atomic E-state index is 13.8. The normalized spacial score (nSPS) is 16.0. The van der Waals surface area contributed by atoms with E-state index in [1.807, 2.05) is 0 Å². The van der Waals surface area contributed by atoms with Gasteiger partial charge in [0.25, 0.3) is 0 Å². The first kappa shape index (κ1) is 30.7. The van der Waals surface area contributed by atoms with Crippen molar-refractivity contribution >= 4 is 9.28 Å². The van der Waals surface area contributed by atoms with Gasteiger partial charge in [-0.2, -0.15) is 74.6 Å². The molecule has 20 heteroatoms. The van der Waals surface area contributed by atoms with E-state index >= 15 is 0 Å². The number of halogens is 17. The van der Waals surface area contributed by atoms with Crippen molar-refractivity contribution in [1.82, 2.24) is 0 Å². The largest absolute Gasteiger partial charge is 0.460 e. The molecule has 0 fully saturated rings. The van der Waals surface area contributed by atoms with Crippen LogP contribution in [0.25, 0.3) is 0 Å². The van der Waals surface area contributed by atoms with Crippen LogP contribution in [0.15, 0.2) is 11.8 Å². The molecule has 0 unspecified atom stereocenters. The molecule has 0 aromatic rings. The van der Waals surface area contributed by atoms with E-state index in [1.54, 1.807) is 0 Å². The van der Waals surface area contributed by atoms with E-state index in [0.29, 0.717) is 14.2 Å². The molecule has 0 N–H and O–H groups in total. The second-order valence-corrected chi connectivity index (χ2v) is 8.15.